The molecule has 0 N–H and O–H groups in total. The number of rotatable bonds is 7. The van der Waals surface area contributed by atoms with E-state index in [2.05, 4.69) is 21.2 Å². The Kier molecular flexibility index (Phi) is 6.84. The summed E-state index contributed by atoms with van der Waals surface area (Å²) in [4.78, 5) is 18.7. The van der Waals surface area contributed by atoms with Gasteiger partial charge in [-0.25, -0.2) is 4.39 Å². The van der Waals surface area contributed by atoms with Crippen LogP contribution in [0.4, 0.5) is 4.39 Å². The Hall–Kier alpha value is -3.52. The van der Waals surface area contributed by atoms with E-state index in [-0.39, 0.29) is 24.0 Å². The Balaban J connectivity index is 1.59. The van der Waals surface area contributed by atoms with E-state index in [4.69, 9.17) is 0 Å². The van der Waals surface area contributed by atoms with Gasteiger partial charge in [0.25, 0.3) is 0 Å². The van der Waals surface area contributed by atoms with Crippen LogP contribution in [-0.4, -0.2) is 43.4 Å². The zero-order chi connectivity index (χ0) is 23.4. The van der Waals surface area contributed by atoms with Crippen molar-refractivity contribution in [3.63, 3.8) is 0 Å². The Labute approximate surface area is 196 Å². The highest BCUT2D eigenvalue weighted by Gasteiger charge is 2.20. The lowest BCUT2D eigenvalue weighted by Crippen LogP contribution is -2.28. The van der Waals surface area contributed by atoms with E-state index in [0.717, 1.165) is 16.8 Å². The van der Waals surface area contributed by atoms with Gasteiger partial charge in [0.05, 0.1) is 11.4 Å². The second-order valence-electron chi connectivity index (χ2n) is 7.78. The Morgan fingerprint density at radius 3 is 2.58 bits per heavy atom. The van der Waals surface area contributed by atoms with Gasteiger partial charge in [-0.15, -0.1) is 10.2 Å². The number of amides is 1. The van der Waals surface area contributed by atoms with Crippen molar-refractivity contribution in [1.29, 1.82) is 0 Å². The average Bonchev–Trinajstić information content (AvgIpc) is 3.23. The molecule has 0 radical (unpaired) electrons. The first-order chi connectivity index (χ1) is 15.9. The van der Waals surface area contributed by atoms with Crippen molar-refractivity contribution in [3.8, 4) is 17.2 Å². The van der Waals surface area contributed by atoms with E-state index >= 15 is 0 Å². The molecule has 8 heteroatoms. The molecule has 168 valence electrons. The van der Waals surface area contributed by atoms with Crippen LogP contribution < -0.4 is 0 Å². The van der Waals surface area contributed by atoms with Gasteiger partial charge in [0.2, 0.25) is 5.91 Å². The molecule has 0 aliphatic carbocycles. The monoisotopic (exact) mass is 461 g/mol. The number of carbonyl (C=O) groups is 1. The molecule has 0 saturated heterocycles. The van der Waals surface area contributed by atoms with Gasteiger partial charge < -0.3 is 4.90 Å². The minimum absolute atomic E-state index is 0.127. The van der Waals surface area contributed by atoms with Crippen molar-refractivity contribution in [3.05, 3.63) is 89.4 Å². The highest BCUT2D eigenvalue weighted by atomic mass is 32.2. The Morgan fingerprint density at radius 1 is 1.06 bits per heavy atom. The third-order valence-electron chi connectivity index (χ3n) is 5.24. The summed E-state index contributed by atoms with van der Waals surface area (Å²) < 4.78 is 15.9. The minimum atomic E-state index is -0.320. The van der Waals surface area contributed by atoms with E-state index in [9.17, 15) is 9.18 Å². The quantitative estimate of drug-likeness (QED) is 0.369. The molecule has 0 spiro atoms. The van der Waals surface area contributed by atoms with Crippen molar-refractivity contribution in [1.82, 2.24) is 24.6 Å². The van der Waals surface area contributed by atoms with Gasteiger partial charge in [0, 0.05) is 25.4 Å². The van der Waals surface area contributed by atoms with E-state index < -0.39 is 0 Å². The van der Waals surface area contributed by atoms with E-state index in [1.165, 1.54) is 22.7 Å². The lowest BCUT2D eigenvalue weighted by atomic mass is 10.1. The molecule has 0 aliphatic rings. The standard InChI is InChI=1S/C25H24FN5OS/c1-17-11-12-22(18(2)14-17)31-24(21-10-6-7-13-27-21)28-29-25(31)33-16-23(32)30(3)15-19-8-4-5-9-20(19)26/h4-14H,15-16H2,1-3H3. The predicted octanol–water partition coefficient (Wildman–Crippen LogP) is 4.84. The molecule has 4 rings (SSSR count). The lowest BCUT2D eigenvalue weighted by molar-refractivity contribution is -0.127. The van der Waals surface area contributed by atoms with Crippen LogP contribution in [0.5, 0.6) is 0 Å². The number of hydrogen-bond donors (Lipinski definition) is 0. The first-order valence-electron chi connectivity index (χ1n) is 10.5. The van der Waals surface area contributed by atoms with Crippen LogP contribution in [0.1, 0.15) is 16.7 Å². The maximum Gasteiger partial charge on any atom is 0.233 e. The van der Waals surface area contributed by atoms with Gasteiger partial charge in [-0.1, -0.05) is 53.7 Å². The van der Waals surface area contributed by atoms with Crippen molar-refractivity contribution in [2.24, 2.45) is 0 Å². The van der Waals surface area contributed by atoms with Gasteiger partial charge in [-0.05, 0) is 43.7 Å². The van der Waals surface area contributed by atoms with Crippen LogP contribution in [0.15, 0.2) is 72.0 Å². The summed E-state index contributed by atoms with van der Waals surface area (Å²) in [5.74, 6) is 0.311. The van der Waals surface area contributed by atoms with E-state index in [1.807, 2.05) is 48.7 Å². The molecule has 2 aromatic heterocycles. The molecule has 0 atom stereocenters. The molecule has 0 bridgehead atoms. The zero-order valence-electron chi connectivity index (χ0n) is 18.7. The van der Waals surface area contributed by atoms with Crippen LogP contribution in [-0.2, 0) is 11.3 Å². The summed E-state index contributed by atoms with van der Waals surface area (Å²) in [6, 6.07) is 18.3. The Bertz CT molecular complexity index is 1280. The second kappa shape index (κ2) is 9.95. The molecule has 1 amide bonds. The molecule has 6 nitrogen and oxygen atoms in total. The fourth-order valence-corrected chi connectivity index (χ4v) is 4.39. The van der Waals surface area contributed by atoms with Gasteiger partial charge >= 0.3 is 0 Å². The average molecular weight is 462 g/mol. The maximum atomic E-state index is 14.0. The number of hydrogen-bond acceptors (Lipinski definition) is 5. The lowest BCUT2D eigenvalue weighted by Gasteiger charge is -2.18. The molecule has 0 aliphatic heterocycles. The van der Waals surface area contributed by atoms with E-state index in [0.29, 0.717) is 22.2 Å². The van der Waals surface area contributed by atoms with Gasteiger partial charge in [0.1, 0.15) is 11.5 Å². The second-order valence-corrected chi connectivity index (χ2v) is 8.72. The fraction of sp³-hybridized carbons (Fsp3) is 0.200. The smallest absolute Gasteiger partial charge is 0.233 e. The Morgan fingerprint density at radius 2 is 1.85 bits per heavy atom. The van der Waals surface area contributed by atoms with Gasteiger partial charge in [-0.2, -0.15) is 0 Å². The van der Waals surface area contributed by atoms with Crippen LogP contribution in [0.25, 0.3) is 17.2 Å². The molecular weight excluding hydrogens is 437 g/mol. The number of thioether (sulfide) groups is 1. The normalized spacial score (nSPS) is 10.9. The molecule has 33 heavy (non-hydrogen) atoms. The SMILES string of the molecule is Cc1ccc(-n2c(SCC(=O)N(C)Cc3ccccc3F)nnc2-c2ccccn2)c(C)c1. The number of halogens is 1. The fourth-order valence-electron chi connectivity index (χ4n) is 3.50. The third kappa shape index (κ3) is 5.12. The summed E-state index contributed by atoms with van der Waals surface area (Å²) in [6.45, 7) is 4.28. The first kappa shape index (κ1) is 22.7. The predicted molar refractivity (Wildman–Crippen MR) is 128 cm³/mol. The zero-order valence-corrected chi connectivity index (χ0v) is 19.5. The number of benzene rings is 2. The van der Waals surface area contributed by atoms with Crippen LogP contribution in [0.3, 0.4) is 0 Å². The molecule has 2 aromatic carbocycles. The number of carbonyl (C=O) groups excluding carboxylic acids is 1. The molecular formula is C25H24FN5OS. The largest absolute Gasteiger partial charge is 0.341 e. The van der Waals surface area contributed by atoms with Crippen LogP contribution in [0, 0.1) is 19.7 Å². The maximum absolute atomic E-state index is 14.0. The summed E-state index contributed by atoms with van der Waals surface area (Å²) in [5.41, 5.74) is 4.33. The molecule has 2 heterocycles. The molecule has 4 aromatic rings. The van der Waals surface area contributed by atoms with Crippen molar-refractivity contribution < 1.29 is 9.18 Å². The molecule has 0 unspecified atom stereocenters. The van der Waals surface area contributed by atoms with Crippen molar-refractivity contribution >= 4 is 17.7 Å². The van der Waals surface area contributed by atoms with Crippen molar-refractivity contribution in [2.75, 3.05) is 12.8 Å². The molecule has 0 saturated carbocycles. The summed E-state index contributed by atoms with van der Waals surface area (Å²) in [5, 5.41) is 9.34. The highest BCUT2D eigenvalue weighted by Crippen LogP contribution is 2.29. The number of aromatic nitrogens is 4. The van der Waals surface area contributed by atoms with E-state index in [1.54, 1.807) is 31.4 Å². The summed E-state index contributed by atoms with van der Waals surface area (Å²) in [6.07, 6.45) is 1.71. The van der Waals surface area contributed by atoms with Crippen LogP contribution in [0.2, 0.25) is 0 Å². The minimum Gasteiger partial charge on any atom is -0.341 e. The van der Waals surface area contributed by atoms with Crippen molar-refractivity contribution in [2.45, 2.75) is 25.5 Å². The summed E-state index contributed by atoms with van der Waals surface area (Å²) in [7, 11) is 1.67. The van der Waals surface area contributed by atoms with Gasteiger partial charge in [-0.3, -0.25) is 14.3 Å². The third-order valence-corrected chi connectivity index (χ3v) is 6.15. The first-order valence-corrected chi connectivity index (χ1v) is 11.5. The number of aryl methyl sites for hydroxylation is 2. The topological polar surface area (TPSA) is 63.9 Å². The van der Waals surface area contributed by atoms with Crippen LogP contribution >= 0.6 is 11.8 Å². The highest BCUT2D eigenvalue weighted by molar-refractivity contribution is 7.99. The number of nitrogens with zero attached hydrogens (tertiary/aromatic N) is 5. The van der Waals surface area contributed by atoms with Gasteiger partial charge in [0.15, 0.2) is 11.0 Å². The summed E-state index contributed by atoms with van der Waals surface area (Å²) >= 11 is 1.30. The number of pyridine rings is 1. The molecule has 0 fully saturated rings.